The third-order valence-corrected chi connectivity index (χ3v) is 4.94. The Morgan fingerprint density at radius 1 is 0.900 bits per heavy atom. The molecule has 1 aliphatic heterocycles. The Bertz CT molecular complexity index is 386. The van der Waals surface area contributed by atoms with E-state index in [2.05, 4.69) is 34.5 Å². The second kappa shape index (κ2) is 7.01. The first-order chi connectivity index (χ1) is 9.92. The smallest absolute Gasteiger partial charge is 0.0367 e. The van der Waals surface area contributed by atoms with Crippen molar-refractivity contribution < 1.29 is 0 Å². The van der Waals surface area contributed by atoms with E-state index >= 15 is 0 Å². The third kappa shape index (κ3) is 3.68. The second-order valence-electron chi connectivity index (χ2n) is 6.46. The van der Waals surface area contributed by atoms with Crippen LogP contribution in [-0.4, -0.2) is 19.6 Å². The van der Waals surface area contributed by atoms with Crippen molar-refractivity contribution in [3.8, 4) is 0 Å². The number of benzene rings is 1. The van der Waals surface area contributed by atoms with Crippen LogP contribution in [0.25, 0.3) is 0 Å². The molecule has 1 heterocycles. The van der Waals surface area contributed by atoms with Gasteiger partial charge in [0.2, 0.25) is 0 Å². The lowest BCUT2D eigenvalue weighted by Crippen LogP contribution is -2.17. The Morgan fingerprint density at radius 3 is 2.30 bits per heavy atom. The Morgan fingerprint density at radius 2 is 1.60 bits per heavy atom. The molecule has 0 atom stereocenters. The lowest BCUT2D eigenvalue weighted by atomic mass is 9.87. The molecule has 0 spiro atoms. The van der Waals surface area contributed by atoms with Gasteiger partial charge in [0.1, 0.15) is 0 Å². The molecule has 1 aromatic carbocycles. The topological polar surface area (TPSA) is 15.3 Å². The molecule has 2 fully saturated rings. The largest absolute Gasteiger partial charge is 0.385 e. The van der Waals surface area contributed by atoms with Gasteiger partial charge in [0, 0.05) is 31.0 Å². The molecular weight excluding hydrogens is 244 g/mol. The molecule has 0 unspecified atom stereocenters. The second-order valence-corrected chi connectivity index (χ2v) is 6.46. The lowest BCUT2D eigenvalue weighted by Gasteiger charge is -2.22. The summed E-state index contributed by atoms with van der Waals surface area (Å²) in [4.78, 5) is 2.49. The van der Waals surface area contributed by atoms with Gasteiger partial charge >= 0.3 is 0 Å². The molecule has 1 N–H and O–H groups in total. The molecular formula is C18H28N2. The van der Waals surface area contributed by atoms with Crippen LogP contribution in [0.15, 0.2) is 24.3 Å². The highest BCUT2D eigenvalue weighted by molar-refractivity contribution is 5.55. The molecule has 1 saturated carbocycles. The van der Waals surface area contributed by atoms with E-state index in [0.29, 0.717) is 0 Å². The fraction of sp³-hybridized carbons (Fsp3) is 0.667. The summed E-state index contributed by atoms with van der Waals surface area (Å²) in [5.41, 5.74) is 2.67. The minimum absolute atomic E-state index is 0.972. The predicted octanol–water partition coefficient (Wildman–Crippen LogP) is 4.67. The van der Waals surface area contributed by atoms with Gasteiger partial charge in [-0.3, -0.25) is 0 Å². The fourth-order valence-electron chi connectivity index (χ4n) is 3.66. The summed E-state index contributed by atoms with van der Waals surface area (Å²) in [5, 5.41) is 3.59. The molecule has 1 saturated heterocycles. The maximum atomic E-state index is 3.59. The maximum Gasteiger partial charge on any atom is 0.0367 e. The molecule has 2 nitrogen and oxygen atoms in total. The van der Waals surface area contributed by atoms with Crippen molar-refractivity contribution in [1.82, 2.24) is 0 Å². The van der Waals surface area contributed by atoms with Crippen molar-refractivity contribution in [3.63, 3.8) is 0 Å². The highest BCUT2D eigenvalue weighted by atomic mass is 15.1. The fourth-order valence-corrected chi connectivity index (χ4v) is 3.66. The molecule has 1 aliphatic carbocycles. The number of hydrogen-bond acceptors (Lipinski definition) is 2. The van der Waals surface area contributed by atoms with Crippen LogP contribution in [0.1, 0.15) is 51.4 Å². The summed E-state index contributed by atoms with van der Waals surface area (Å²) < 4.78 is 0. The molecule has 0 amide bonds. The summed E-state index contributed by atoms with van der Waals surface area (Å²) in [6, 6.07) is 9.03. The molecule has 20 heavy (non-hydrogen) atoms. The molecule has 1 aromatic rings. The quantitative estimate of drug-likeness (QED) is 0.838. The minimum Gasteiger partial charge on any atom is -0.385 e. The van der Waals surface area contributed by atoms with E-state index in [4.69, 9.17) is 0 Å². The summed E-state index contributed by atoms with van der Waals surface area (Å²) in [6.07, 6.45) is 11.3. The Kier molecular flexibility index (Phi) is 4.83. The molecule has 0 aromatic heterocycles. The van der Waals surface area contributed by atoms with Gasteiger partial charge in [-0.1, -0.05) is 32.1 Å². The average Bonchev–Trinajstić information content (AvgIpc) is 3.03. The zero-order chi connectivity index (χ0) is 13.6. The van der Waals surface area contributed by atoms with E-state index < -0.39 is 0 Å². The van der Waals surface area contributed by atoms with Gasteiger partial charge in [-0.2, -0.15) is 0 Å². The number of nitrogens with one attached hydrogen (secondary N) is 1. The first kappa shape index (κ1) is 13.8. The van der Waals surface area contributed by atoms with Gasteiger partial charge in [-0.15, -0.1) is 0 Å². The summed E-state index contributed by atoms with van der Waals surface area (Å²) >= 11 is 0. The zero-order valence-corrected chi connectivity index (χ0v) is 12.6. The lowest BCUT2D eigenvalue weighted by molar-refractivity contribution is 0.345. The van der Waals surface area contributed by atoms with Gasteiger partial charge in [-0.25, -0.2) is 0 Å². The molecule has 3 rings (SSSR count). The van der Waals surface area contributed by atoms with Crippen LogP contribution in [0.5, 0.6) is 0 Å². The van der Waals surface area contributed by atoms with E-state index in [1.54, 1.807) is 0 Å². The standard InChI is InChI=1S/C18H28N2/c1-2-6-16(7-3-1)12-13-19-17-8-10-18(11-9-17)20-14-4-5-15-20/h8-11,16,19H,1-7,12-15H2. The molecule has 2 aliphatic rings. The van der Waals surface area contributed by atoms with E-state index in [1.165, 1.54) is 75.8 Å². The van der Waals surface area contributed by atoms with E-state index in [1.807, 2.05) is 0 Å². The summed E-state index contributed by atoms with van der Waals surface area (Å²) in [6.45, 7) is 3.59. The van der Waals surface area contributed by atoms with Crippen LogP contribution >= 0.6 is 0 Å². The van der Waals surface area contributed by atoms with Crippen molar-refractivity contribution in [2.45, 2.75) is 51.4 Å². The van der Waals surface area contributed by atoms with Crippen LogP contribution in [0, 0.1) is 5.92 Å². The number of rotatable bonds is 5. The van der Waals surface area contributed by atoms with Gasteiger partial charge in [0.25, 0.3) is 0 Å². The van der Waals surface area contributed by atoms with Crippen molar-refractivity contribution in [2.24, 2.45) is 5.92 Å². The third-order valence-electron chi connectivity index (χ3n) is 4.94. The highest BCUT2D eigenvalue weighted by Gasteiger charge is 2.13. The molecule has 2 heteroatoms. The first-order valence-electron chi connectivity index (χ1n) is 8.51. The van der Waals surface area contributed by atoms with Gasteiger partial charge in [0.05, 0.1) is 0 Å². The van der Waals surface area contributed by atoms with Crippen LogP contribution in [0.4, 0.5) is 11.4 Å². The van der Waals surface area contributed by atoms with Crippen molar-refractivity contribution >= 4 is 11.4 Å². The van der Waals surface area contributed by atoms with E-state index in [-0.39, 0.29) is 0 Å². The number of nitrogens with zero attached hydrogens (tertiary/aromatic N) is 1. The number of hydrogen-bond donors (Lipinski definition) is 1. The Balaban J connectivity index is 1.43. The normalized spacial score (nSPS) is 20.3. The van der Waals surface area contributed by atoms with Crippen LogP contribution in [0.3, 0.4) is 0 Å². The van der Waals surface area contributed by atoms with Crippen molar-refractivity contribution in [1.29, 1.82) is 0 Å². The van der Waals surface area contributed by atoms with Crippen LogP contribution in [0.2, 0.25) is 0 Å². The van der Waals surface area contributed by atoms with Gasteiger partial charge in [-0.05, 0) is 49.4 Å². The van der Waals surface area contributed by atoms with Crippen LogP contribution < -0.4 is 10.2 Å². The highest BCUT2D eigenvalue weighted by Crippen LogP contribution is 2.26. The Labute approximate surface area is 123 Å². The van der Waals surface area contributed by atoms with Gasteiger partial charge < -0.3 is 10.2 Å². The van der Waals surface area contributed by atoms with Crippen LogP contribution in [-0.2, 0) is 0 Å². The summed E-state index contributed by atoms with van der Waals surface area (Å²) in [5.74, 6) is 0.972. The summed E-state index contributed by atoms with van der Waals surface area (Å²) in [7, 11) is 0. The van der Waals surface area contributed by atoms with E-state index in [9.17, 15) is 0 Å². The van der Waals surface area contributed by atoms with Crippen molar-refractivity contribution in [2.75, 3.05) is 29.9 Å². The Hall–Kier alpha value is -1.18. The monoisotopic (exact) mass is 272 g/mol. The number of anilines is 2. The minimum atomic E-state index is 0.972. The van der Waals surface area contributed by atoms with Gasteiger partial charge in [0.15, 0.2) is 0 Å². The zero-order valence-electron chi connectivity index (χ0n) is 12.6. The average molecular weight is 272 g/mol. The molecule has 110 valence electrons. The first-order valence-corrected chi connectivity index (χ1v) is 8.51. The van der Waals surface area contributed by atoms with Crippen molar-refractivity contribution in [3.05, 3.63) is 24.3 Å². The predicted molar refractivity (Wildman–Crippen MR) is 87.6 cm³/mol. The maximum absolute atomic E-state index is 3.59. The molecule has 0 bridgehead atoms. The molecule has 0 radical (unpaired) electrons. The van der Waals surface area contributed by atoms with E-state index in [0.717, 1.165) is 12.5 Å². The SMILES string of the molecule is c1cc(N2CCCC2)ccc1NCCC1CCCCC1.